The highest BCUT2D eigenvalue weighted by Gasteiger charge is 2.22. The zero-order chi connectivity index (χ0) is 10.8. The highest BCUT2D eigenvalue weighted by Crippen LogP contribution is 2.13. The van der Waals surface area contributed by atoms with Crippen molar-refractivity contribution < 1.29 is 4.79 Å². The van der Waals surface area contributed by atoms with Gasteiger partial charge in [0.25, 0.3) is 0 Å². The van der Waals surface area contributed by atoms with Crippen LogP contribution in [0, 0.1) is 12.8 Å². The van der Waals surface area contributed by atoms with Crippen molar-refractivity contribution in [2.45, 2.75) is 13.3 Å². The van der Waals surface area contributed by atoms with Crippen LogP contribution in [0.25, 0.3) is 0 Å². The number of aryl methyl sites for hydroxylation is 2. The summed E-state index contributed by atoms with van der Waals surface area (Å²) in [6.45, 7) is 3.62. The zero-order valence-corrected chi connectivity index (χ0v) is 10.3. The fourth-order valence-corrected chi connectivity index (χ4v) is 1.83. The van der Waals surface area contributed by atoms with E-state index in [4.69, 9.17) is 0 Å². The van der Waals surface area contributed by atoms with Crippen LogP contribution in [0.5, 0.6) is 0 Å². The molecule has 0 saturated carbocycles. The third-order valence-electron chi connectivity index (χ3n) is 2.68. The van der Waals surface area contributed by atoms with Gasteiger partial charge in [0, 0.05) is 19.7 Å². The molecule has 1 unspecified atom stereocenters. The highest BCUT2D eigenvalue weighted by atomic mass is 35.5. The molecule has 16 heavy (non-hydrogen) atoms. The molecule has 0 bridgehead atoms. The van der Waals surface area contributed by atoms with Gasteiger partial charge >= 0.3 is 0 Å². The van der Waals surface area contributed by atoms with Crippen LogP contribution in [0.3, 0.4) is 0 Å². The van der Waals surface area contributed by atoms with E-state index in [1.165, 1.54) is 0 Å². The smallest absolute Gasteiger partial charge is 0.229 e. The molecule has 1 aromatic heterocycles. The first-order valence-corrected chi connectivity index (χ1v) is 5.19. The fourth-order valence-electron chi connectivity index (χ4n) is 1.83. The number of amides is 1. The normalized spacial score (nSPS) is 19.2. The summed E-state index contributed by atoms with van der Waals surface area (Å²) in [5, 5.41) is 10.2. The lowest BCUT2D eigenvalue weighted by Crippen LogP contribution is -2.25. The summed E-state index contributed by atoms with van der Waals surface area (Å²) in [4.78, 5) is 11.8. The molecule has 1 aromatic rings. The number of hydrogen-bond acceptors (Lipinski definition) is 3. The maximum absolute atomic E-state index is 11.8. The maximum atomic E-state index is 11.8. The molecule has 0 aromatic carbocycles. The Balaban J connectivity index is 0.00000128. The van der Waals surface area contributed by atoms with Crippen molar-refractivity contribution in [1.82, 2.24) is 15.1 Å². The number of aromatic nitrogens is 2. The van der Waals surface area contributed by atoms with Crippen LogP contribution in [0.15, 0.2) is 6.07 Å². The summed E-state index contributed by atoms with van der Waals surface area (Å²) in [5.41, 5.74) is 0.914. The van der Waals surface area contributed by atoms with Crippen LogP contribution in [0.4, 0.5) is 5.82 Å². The fraction of sp³-hybridized carbons (Fsp3) is 0.600. The lowest BCUT2D eigenvalue weighted by atomic mass is 10.1. The molecule has 90 valence electrons. The van der Waals surface area contributed by atoms with E-state index in [1.807, 2.05) is 20.0 Å². The lowest BCUT2D eigenvalue weighted by molar-refractivity contribution is -0.119. The minimum atomic E-state index is 0. The summed E-state index contributed by atoms with van der Waals surface area (Å²) in [5.74, 6) is 0.951. The molecule has 2 rings (SSSR count). The van der Waals surface area contributed by atoms with Gasteiger partial charge in [0.1, 0.15) is 5.82 Å². The summed E-state index contributed by atoms with van der Waals surface area (Å²) in [6, 6.07) is 1.88. The zero-order valence-electron chi connectivity index (χ0n) is 9.49. The number of nitrogens with zero attached hydrogens (tertiary/aromatic N) is 2. The molecule has 1 amide bonds. The Labute approximate surface area is 101 Å². The maximum Gasteiger partial charge on any atom is 0.229 e. The SMILES string of the molecule is Cc1cc(NC(=O)C2CCNC2)n(C)n1.Cl. The Kier molecular flexibility index (Phi) is 4.32. The molecule has 1 aliphatic rings. The van der Waals surface area contributed by atoms with Crippen LogP contribution in [-0.4, -0.2) is 28.8 Å². The minimum absolute atomic E-state index is 0. The predicted octanol–water partition coefficient (Wildman–Crippen LogP) is 0.698. The molecule has 5 nitrogen and oxygen atoms in total. The van der Waals surface area contributed by atoms with E-state index in [1.54, 1.807) is 4.68 Å². The average molecular weight is 245 g/mol. The number of anilines is 1. The van der Waals surface area contributed by atoms with Gasteiger partial charge in [-0.25, -0.2) is 0 Å². The monoisotopic (exact) mass is 244 g/mol. The van der Waals surface area contributed by atoms with Crippen molar-refractivity contribution >= 4 is 24.1 Å². The van der Waals surface area contributed by atoms with E-state index in [0.717, 1.165) is 31.0 Å². The highest BCUT2D eigenvalue weighted by molar-refractivity contribution is 5.92. The van der Waals surface area contributed by atoms with Crippen LogP contribution in [0.1, 0.15) is 12.1 Å². The van der Waals surface area contributed by atoms with Crippen molar-refractivity contribution in [3.63, 3.8) is 0 Å². The average Bonchev–Trinajstić information content (AvgIpc) is 2.76. The summed E-state index contributed by atoms with van der Waals surface area (Å²) in [7, 11) is 1.83. The van der Waals surface area contributed by atoms with E-state index in [-0.39, 0.29) is 24.2 Å². The quantitative estimate of drug-likeness (QED) is 0.805. The Hall–Kier alpha value is -1.07. The number of hydrogen-bond donors (Lipinski definition) is 2. The van der Waals surface area contributed by atoms with E-state index in [2.05, 4.69) is 15.7 Å². The van der Waals surface area contributed by atoms with Gasteiger partial charge in [-0.1, -0.05) is 0 Å². The van der Waals surface area contributed by atoms with E-state index in [9.17, 15) is 4.79 Å². The predicted molar refractivity (Wildman–Crippen MR) is 64.8 cm³/mol. The number of carbonyl (C=O) groups excluding carboxylic acids is 1. The lowest BCUT2D eigenvalue weighted by Gasteiger charge is -2.09. The molecule has 2 heterocycles. The van der Waals surface area contributed by atoms with Crippen molar-refractivity contribution in [3.8, 4) is 0 Å². The molecule has 6 heteroatoms. The van der Waals surface area contributed by atoms with E-state index in [0.29, 0.717) is 0 Å². The largest absolute Gasteiger partial charge is 0.316 e. The number of halogens is 1. The summed E-state index contributed by atoms with van der Waals surface area (Å²) in [6.07, 6.45) is 0.919. The summed E-state index contributed by atoms with van der Waals surface area (Å²) < 4.78 is 1.69. The first-order chi connectivity index (χ1) is 7.16. The Morgan fingerprint density at radius 2 is 2.44 bits per heavy atom. The second-order valence-corrected chi connectivity index (χ2v) is 3.97. The van der Waals surface area contributed by atoms with Crippen LogP contribution in [0.2, 0.25) is 0 Å². The van der Waals surface area contributed by atoms with Gasteiger partial charge in [0.15, 0.2) is 0 Å². The molecule has 1 fully saturated rings. The molecular weight excluding hydrogens is 228 g/mol. The second kappa shape index (κ2) is 5.32. The molecule has 2 N–H and O–H groups in total. The van der Waals surface area contributed by atoms with Crippen LogP contribution >= 0.6 is 12.4 Å². The Morgan fingerprint density at radius 3 is 2.94 bits per heavy atom. The van der Waals surface area contributed by atoms with Gasteiger partial charge in [-0.15, -0.1) is 12.4 Å². The standard InChI is InChI=1S/C10H16N4O.ClH/c1-7-5-9(14(2)13-7)12-10(15)8-3-4-11-6-8;/h5,8,11H,3-4,6H2,1-2H3,(H,12,15);1H. The number of rotatable bonds is 2. The second-order valence-electron chi connectivity index (χ2n) is 3.97. The van der Waals surface area contributed by atoms with Crippen LogP contribution in [-0.2, 0) is 11.8 Å². The van der Waals surface area contributed by atoms with Gasteiger partial charge in [0.05, 0.1) is 11.6 Å². The number of carbonyl (C=O) groups is 1. The Morgan fingerprint density at radius 1 is 1.69 bits per heavy atom. The van der Waals surface area contributed by atoms with Crippen molar-refractivity contribution in [2.24, 2.45) is 13.0 Å². The van der Waals surface area contributed by atoms with Gasteiger partial charge < -0.3 is 10.6 Å². The third-order valence-corrected chi connectivity index (χ3v) is 2.68. The van der Waals surface area contributed by atoms with E-state index < -0.39 is 0 Å². The molecular formula is C10H17ClN4O. The van der Waals surface area contributed by atoms with Crippen molar-refractivity contribution in [1.29, 1.82) is 0 Å². The third kappa shape index (κ3) is 2.74. The number of nitrogens with one attached hydrogen (secondary N) is 2. The summed E-state index contributed by atoms with van der Waals surface area (Å²) >= 11 is 0. The topological polar surface area (TPSA) is 59.0 Å². The van der Waals surface area contributed by atoms with Crippen molar-refractivity contribution in [3.05, 3.63) is 11.8 Å². The molecule has 0 spiro atoms. The van der Waals surface area contributed by atoms with Gasteiger partial charge in [0.2, 0.25) is 5.91 Å². The van der Waals surface area contributed by atoms with Crippen molar-refractivity contribution in [2.75, 3.05) is 18.4 Å². The first-order valence-electron chi connectivity index (χ1n) is 5.19. The molecule has 0 aliphatic carbocycles. The minimum Gasteiger partial charge on any atom is -0.316 e. The Bertz CT molecular complexity index is 371. The molecule has 0 radical (unpaired) electrons. The molecule has 1 aliphatic heterocycles. The molecule has 1 atom stereocenters. The van der Waals surface area contributed by atoms with Gasteiger partial charge in [-0.2, -0.15) is 5.10 Å². The van der Waals surface area contributed by atoms with Gasteiger partial charge in [-0.3, -0.25) is 9.48 Å². The first kappa shape index (κ1) is 13.0. The van der Waals surface area contributed by atoms with E-state index >= 15 is 0 Å². The van der Waals surface area contributed by atoms with Crippen LogP contribution < -0.4 is 10.6 Å². The van der Waals surface area contributed by atoms with Gasteiger partial charge in [-0.05, 0) is 19.9 Å². The molecule has 1 saturated heterocycles.